The van der Waals surface area contributed by atoms with Crippen molar-refractivity contribution in [2.45, 2.75) is 58.4 Å². The minimum absolute atomic E-state index is 0.0379. The van der Waals surface area contributed by atoms with Gasteiger partial charge in [-0.25, -0.2) is 0 Å². The van der Waals surface area contributed by atoms with Gasteiger partial charge in [0.25, 0.3) is 0 Å². The molecule has 5 heteroatoms. The zero-order valence-electron chi connectivity index (χ0n) is 12.6. The second-order valence-corrected chi connectivity index (χ2v) is 5.37. The lowest BCUT2D eigenvalue weighted by Crippen LogP contribution is -2.32. The molecule has 0 saturated heterocycles. The third kappa shape index (κ3) is 6.85. The molecule has 0 aromatic heterocycles. The molecule has 0 bridgehead atoms. The first kappa shape index (κ1) is 17.8. The van der Waals surface area contributed by atoms with Crippen molar-refractivity contribution in [3.63, 3.8) is 0 Å². The van der Waals surface area contributed by atoms with E-state index in [0.717, 1.165) is 31.2 Å². The molecular formula is C16H24F3NO. The van der Waals surface area contributed by atoms with Gasteiger partial charge in [0.1, 0.15) is 5.75 Å². The molecule has 120 valence electrons. The number of halogens is 3. The van der Waals surface area contributed by atoms with Crippen molar-refractivity contribution in [2.75, 3.05) is 0 Å². The third-order valence-corrected chi connectivity index (χ3v) is 3.69. The Morgan fingerprint density at radius 1 is 1.14 bits per heavy atom. The van der Waals surface area contributed by atoms with Gasteiger partial charge in [-0.15, -0.1) is 13.2 Å². The summed E-state index contributed by atoms with van der Waals surface area (Å²) in [6.07, 6.45) is 0.455. The first-order chi connectivity index (χ1) is 9.85. The number of unbranched alkanes of at least 4 members (excludes halogenated alkanes) is 1. The zero-order chi connectivity index (χ0) is 15.9. The second kappa shape index (κ2) is 8.27. The van der Waals surface area contributed by atoms with E-state index < -0.39 is 6.36 Å². The zero-order valence-corrected chi connectivity index (χ0v) is 12.6. The number of hydrogen-bond donors (Lipinski definition) is 1. The third-order valence-electron chi connectivity index (χ3n) is 3.69. The van der Waals surface area contributed by atoms with E-state index in [0.29, 0.717) is 12.3 Å². The molecule has 0 spiro atoms. The minimum Gasteiger partial charge on any atom is -0.406 e. The number of hydrogen-bond acceptors (Lipinski definition) is 2. The standard InChI is InChI=1S/C16H24F3NO/c1-3-5-6-13(4-2)15(20)11-12-7-9-14(10-8-12)21-16(17,18)19/h7-10,13,15H,3-6,11,20H2,1-2H3. The monoisotopic (exact) mass is 303 g/mol. The maximum atomic E-state index is 12.1. The molecule has 0 saturated carbocycles. The smallest absolute Gasteiger partial charge is 0.406 e. The summed E-state index contributed by atoms with van der Waals surface area (Å²) in [6, 6.07) is 6.00. The Kier molecular flexibility index (Phi) is 7.02. The number of nitrogens with two attached hydrogens (primary N) is 1. The molecule has 0 amide bonds. The van der Waals surface area contributed by atoms with Crippen molar-refractivity contribution in [1.82, 2.24) is 0 Å². The van der Waals surface area contributed by atoms with Crippen LogP contribution in [0.1, 0.15) is 45.1 Å². The summed E-state index contributed by atoms with van der Waals surface area (Å²) in [5, 5.41) is 0. The van der Waals surface area contributed by atoms with Crippen LogP contribution >= 0.6 is 0 Å². The maximum absolute atomic E-state index is 12.1. The van der Waals surface area contributed by atoms with Crippen molar-refractivity contribution in [3.8, 4) is 5.75 Å². The lowest BCUT2D eigenvalue weighted by Gasteiger charge is -2.22. The van der Waals surface area contributed by atoms with Gasteiger partial charge in [0.2, 0.25) is 0 Å². The van der Waals surface area contributed by atoms with Crippen LogP contribution in [-0.2, 0) is 6.42 Å². The Hall–Kier alpha value is -1.23. The van der Waals surface area contributed by atoms with Crippen molar-refractivity contribution in [3.05, 3.63) is 29.8 Å². The van der Waals surface area contributed by atoms with Gasteiger partial charge in [-0.2, -0.15) is 0 Å². The maximum Gasteiger partial charge on any atom is 0.573 e. The van der Waals surface area contributed by atoms with Gasteiger partial charge in [0.05, 0.1) is 0 Å². The highest BCUT2D eigenvalue weighted by molar-refractivity contribution is 5.28. The molecule has 0 fully saturated rings. The lowest BCUT2D eigenvalue weighted by molar-refractivity contribution is -0.274. The average molecular weight is 303 g/mol. The molecule has 0 radical (unpaired) electrons. The molecule has 2 N–H and O–H groups in total. The van der Waals surface area contributed by atoms with E-state index in [-0.39, 0.29) is 11.8 Å². The van der Waals surface area contributed by atoms with Crippen molar-refractivity contribution in [1.29, 1.82) is 0 Å². The van der Waals surface area contributed by atoms with E-state index in [1.54, 1.807) is 12.1 Å². The van der Waals surface area contributed by atoms with E-state index in [1.165, 1.54) is 12.1 Å². The molecule has 1 rings (SSSR count). The van der Waals surface area contributed by atoms with Crippen LogP contribution in [0, 0.1) is 5.92 Å². The predicted octanol–water partition coefficient (Wildman–Crippen LogP) is 4.67. The summed E-state index contributed by atoms with van der Waals surface area (Å²) in [6.45, 7) is 4.28. The highest BCUT2D eigenvalue weighted by Crippen LogP contribution is 2.24. The molecule has 2 unspecified atom stereocenters. The Labute approximate surface area is 124 Å². The molecule has 2 nitrogen and oxygen atoms in total. The Morgan fingerprint density at radius 3 is 2.24 bits per heavy atom. The molecule has 0 aliphatic rings. The summed E-state index contributed by atoms with van der Waals surface area (Å²) in [5.41, 5.74) is 7.17. The quantitative estimate of drug-likeness (QED) is 0.757. The van der Waals surface area contributed by atoms with Crippen LogP contribution in [0.2, 0.25) is 0 Å². The summed E-state index contributed by atoms with van der Waals surface area (Å²) in [7, 11) is 0. The number of benzene rings is 1. The summed E-state index contributed by atoms with van der Waals surface area (Å²) in [5.74, 6) is 0.258. The van der Waals surface area contributed by atoms with E-state index in [2.05, 4.69) is 18.6 Å². The van der Waals surface area contributed by atoms with E-state index in [9.17, 15) is 13.2 Å². The van der Waals surface area contributed by atoms with Crippen molar-refractivity contribution in [2.24, 2.45) is 11.7 Å². The largest absolute Gasteiger partial charge is 0.573 e. The van der Waals surface area contributed by atoms with Gasteiger partial charge in [-0.3, -0.25) is 0 Å². The lowest BCUT2D eigenvalue weighted by atomic mass is 9.88. The first-order valence-corrected chi connectivity index (χ1v) is 7.46. The Bertz CT molecular complexity index is 403. The molecule has 0 heterocycles. The summed E-state index contributed by atoms with van der Waals surface area (Å²) >= 11 is 0. The fourth-order valence-electron chi connectivity index (χ4n) is 2.45. The molecule has 1 aromatic carbocycles. The molecule has 21 heavy (non-hydrogen) atoms. The SMILES string of the molecule is CCCCC(CC)C(N)Cc1ccc(OC(F)(F)F)cc1. The highest BCUT2D eigenvalue weighted by atomic mass is 19.4. The molecular weight excluding hydrogens is 279 g/mol. The van der Waals surface area contributed by atoms with Crippen LogP contribution in [0.25, 0.3) is 0 Å². The minimum atomic E-state index is -4.65. The molecule has 1 aromatic rings. The van der Waals surface area contributed by atoms with E-state index in [1.807, 2.05) is 0 Å². The summed E-state index contributed by atoms with van der Waals surface area (Å²) < 4.78 is 40.1. The molecule has 2 atom stereocenters. The number of ether oxygens (including phenoxy) is 1. The van der Waals surface area contributed by atoms with Gasteiger partial charge in [-0.05, 0) is 36.5 Å². The fourth-order valence-corrected chi connectivity index (χ4v) is 2.45. The predicted molar refractivity (Wildman–Crippen MR) is 78.1 cm³/mol. The average Bonchev–Trinajstić information content (AvgIpc) is 2.40. The highest BCUT2D eigenvalue weighted by Gasteiger charge is 2.31. The van der Waals surface area contributed by atoms with Crippen molar-refractivity contribution >= 4 is 0 Å². The Morgan fingerprint density at radius 2 is 1.76 bits per heavy atom. The fraction of sp³-hybridized carbons (Fsp3) is 0.625. The van der Waals surface area contributed by atoms with Gasteiger partial charge in [0, 0.05) is 6.04 Å². The van der Waals surface area contributed by atoms with Gasteiger partial charge in [-0.1, -0.05) is 45.2 Å². The van der Waals surface area contributed by atoms with Crippen LogP contribution in [0.15, 0.2) is 24.3 Å². The molecule has 0 aliphatic carbocycles. The summed E-state index contributed by atoms with van der Waals surface area (Å²) in [4.78, 5) is 0. The molecule has 0 aliphatic heterocycles. The second-order valence-electron chi connectivity index (χ2n) is 5.37. The van der Waals surface area contributed by atoms with Crippen LogP contribution in [0.4, 0.5) is 13.2 Å². The van der Waals surface area contributed by atoms with Crippen LogP contribution < -0.4 is 10.5 Å². The number of rotatable bonds is 8. The first-order valence-electron chi connectivity index (χ1n) is 7.46. The van der Waals surface area contributed by atoms with E-state index >= 15 is 0 Å². The van der Waals surface area contributed by atoms with Crippen LogP contribution in [0.5, 0.6) is 5.75 Å². The topological polar surface area (TPSA) is 35.2 Å². The number of alkyl halides is 3. The Balaban J connectivity index is 2.57. The van der Waals surface area contributed by atoms with Gasteiger partial charge >= 0.3 is 6.36 Å². The van der Waals surface area contributed by atoms with Crippen molar-refractivity contribution < 1.29 is 17.9 Å². The van der Waals surface area contributed by atoms with Crippen LogP contribution in [0.3, 0.4) is 0 Å². The normalized spacial score (nSPS) is 14.8. The van der Waals surface area contributed by atoms with Crippen LogP contribution in [-0.4, -0.2) is 12.4 Å². The van der Waals surface area contributed by atoms with E-state index in [4.69, 9.17) is 5.73 Å². The van der Waals surface area contributed by atoms with Gasteiger partial charge < -0.3 is 10.5 Å². The van der Waals surface area contributed by atoms with Gasteiger partial charge in [0.15, 0.2) is 0 Å².